The van der Waals surface area contributed by atoms with Gasteiger partial charge in [0.25, 0.3) is 11.8 Å². The van der Waals surface area contributed by atoms with Crippen molar-refractivity contribution in [2.24, 2.45) is 0 Å². The molecule has 0 saturated carbocycles. The molecule has 4 aliphatic heterocycles. The molecule has 1 unspecified atom stereocenters. The van der Waals surface area contributed by atoms with Crippen LogP contribution < -0.4 is 10.6 Å². The van der Waals surface area contributed by atoms with Gasteiger partial charge in [-0.1, -0.05) is 12.1 Å². The fraction of sp³-hybridized carbons (Fsp3) is 0.500. The fourth-order valence-electron chi connectivity index (χ4n) is 4.97. The first-order valence-corrected chi connectivity index (χ1v) is 12.0. The number of carbonyl (C=O) groups is 4. The molecule has 4 amide bonds. The van der Waals surface area contributed by atoms with E-state index in [4.69, 9.17) is 0 Å². The Morgan fingerprint density at radius 3 is 2.55 bits per heavy atom. The van der Waals surface area contributed by atoms with Gasteiger partial charge in [-0.05, 0) is 18.1 Å². The van der Waals surface area contributed by atoms with Gasteiger partial charge < -0.3 is 5.32 Å². The Bertz CT molecular complexity index is 1130. The highest BCUT2D eigenvalue weighted by Gasteiger charge is 2.50. The molecule has 5 rings (SSSR count). The molecule has 1 spiro atoms. The molecule has 164 valence electrons. The number of hydrogen-bond acceptors (Lipinski definition) is 8. The van der Waals surface area contributed by atoms with Crippen molar-refractivity contribution in [2.45, 2.75) is 31.0 Å². The van der Waals surface area contributed by atoms with Crippen LogP contribution in [0.3, 0.4) is 0 Å². The number of rotatable bonds is 3. The molecule has 11 heteroatoms. The molecule has 4 heterocycles. The first kappa shape index (κ1) is 20.3. The molecule has 1 aromatic rings. The van der Waals surface area contributed by atoms with Crippen molar-refractivity contribution >= 4 is 33.5 Å². The second-order valence-electron chi connectivity index (χ2n) is 8.63. The third-order valence-corrected chi connectivity index (χ3v) is 8.44. The summed E-state index contributed by atoms with van der Waals surface area (Å²) in [6.07, 6.45) is 0.165. The Kier molecular flexibility index (Phi) is 4.54. The molecule has 0 aromatic heterocycles. The predicted octanol–water partition coefficient (Wildman–Crippen LogP) is -1.34. The van der Waals surface area contributed by atoms with Crippen LogP contribution in [-0.2, 0) is 26.0 Å². The minimum absolute atomic E-state index is 0.0546. The molecule has 1 atom stereocenters. The highest BCUT2D eigenvalue weighted by atomic mass is 32.2. The van der Waals surface area contributed by atoms with Gasteiger partial charge in [-0.25, -0.2) is 8.42 Å². The minimum atomic E-state index is -3.12. The zero-order chi connectivity index (χ0) is 22.0. The summed E-state index contributed by atoms with van der Waals surface area (Å²) < 4.78 is 24.4. The van der Waals surface area contributed by atoms with Gasteiger partial charge in [-0.15, -0.1) is 0 Å². The van der Waals surface area contributed by atoms with E-state index in [1.807, 2.05) is 0 Å². The summed E-state index contributed by atoms with van der Waals surface area (Å²) in [4.78, 5) is 53.0. The molecule has 3 saturated heterocycles. The van der Waals surface area contributed by atoms with Gasteiger partial charge in [0.2, 0.25) is 11.8 Å². The summed E-state index contributed by atoms with van der Waals surface area (Å²) in [6, 6.07) is 4.01. The standard InChI is InChI=1S/C20H22N4O6S/c25-15-5-4-14(17(26)22-15)24-18(27)13-3-1-2-12(16(13)19(24)28)8-23-6-7-31(29,30)11-20(23)9-21-10-20/h1-3,14,21H,4-11H2,(H,22,25,26). The SMILES string of the molecule is O=C1CCC(N2C(=O)c3cccc(CN4CCS(=O)(=O)CC45CNC5)c3C2=O)C(=O)N1. The minimum Gasteiger partial charge on any atom is -0.313 e. The second kappa shape index (κ2) is 6.94. The molecule has 0 bridgehead atoms. The molecule has 1 aromatic carbocycles. The van der Waals surface area contributed by atoms with Gasteiger partial charge in [-0.3, -0.25) is 34.3 Å². The molecular formula is C20H22N4O6S. The number of carbonyl (C=O) groups excluding carboxylic acids is 4. The van der Waals surface area contributed by atoms with Crippen LogP contribution in [0.15, 0.2) is 18.2 Å². The Labute approximate surface area is 178 Å². The number of fused-ring (bicyclic) bond motifs is 1. The van der Waals surface area contributed by atoms with E-state index in [2.05, 4.69) is 15.5 Å². The van der Waals surface area contributed by atoms with Crippen LogP contribution >= 0.6 is 0 Å². The number of imide groups is 2. The second-order valence-corrected chi connectivity index (χ2v) is 10.8. The first-order valence-electron chi connectivity index (χ1n) is 10.2. The van der Waals surface area contributed by atoms with Crippen LogP contribution in [-0.4, -0.2) is 84.6 Å². The van der Waals surface area contributed by atoms with E-state index in [-0.39, 0.29) is 35.5 Å². The van der Waals surface area contributed by atoms with Gasteiger partial charge in [0, 0.05) is 32.6 Å². The predicted molar refractivity (Wildman–Crippen MR) is 108 cm³/mol. The van der Waals surface area contributed by atoms with Gasteiger partial charge in [0.1, 0.15) is 6.04 Å². The Morgan fingerprint density at radius 2 is 1.87 bits per heavy atom. The van der Waals surface area contributed by atoms with Gasteiger partial charge in [0.05, 0.1) is 28.2 Å². The lowest BCUT2D eigenvalue weighted by Gasteiger charge is -2.53. The lowest BCUT2D eigenvalue weighted by atomic mass is 9.90. The van der Waals surface area contributed by atoms with Crippen molar-refractivity contribution in [1.82, 2.24) is 20.4 Å². The van der Waals surface area contributed by atoms with Crippen LogP contribution in [0.25, 0.3) is 0 Å². The van der Waals surface area contributed by atoms with Crippen LogP contribution in [0.5, 0.6) is 0 Å². The van der Waals surface area contributed by atoms with Gasteiger partial charge in [-0.2, -0.15) is 0 Å². The molecule has 10 nitrogen and oxygen atoms in total. The van der Waals surface area contributed by atoms with Gasteiger partial charge in [0.15, 0.2) is 9.84 Å². The maximum absolute atomic E-state index is 13.3. The van der Waals surface area contributed by atoms with Crippen LogP contribution in [0.4, 0.5) is 0 Å². The highest BCUT2D eigenvalue weighted by molar-refractivity contribution is 7.91. The number of amides is 4. The van der Waals surface area contributed by atoms with Crippen LogP contribution in [0, 0.1) is 0 Å². The smallest absolute Gasteiger partial charge is 0.262 e. The first-order chi connectivity index (χ1) is 14.7. The van der Waals surface area contributed by atoms with E-state index in [0.717, 1.165) is 4.90 Å². The number of nitrogens with one attached hydrogen (secondary N) is 2. The molecule has 2 N–H and O–H groups in total. The number of benzene rings is 1. The van der Waals surface area contributed by atoms with Crippen molar-refractivity contribution in [3.63, 3.8) is 0 Å². The number of hydrogen-bond donors (Lipinski definition) is 2. The van der Waals surface area contributed by atoms with E-state index < -0.39 is 45.0 Å². The number of piperidine rings is 1. The molecule has 31 heavy (non-hydrogen) atoms. The van der Waals surface area contributed by atoms with Crippen molar-refractivity contribution in [3.05, 3.63) is 34.9 Å². The maximum Gasteiger partial charge on any atom is 0.262 e. The van der Waals surface area contributed by atoms with E-state index in [9.17, 15) is 27.6 Å². The van der Waals surface area contributed by atoms with Crippen molar-refractivity contribution in [3.8, 4) is 0 Å². The maximum atomic E-state index is 13.3. The summed E-state index contributed by atoms with van der Waals surface area (Å²) >= 11 is 0. The monoisotopic (exact) mass is 446 g/mol. The highest BCUT2D eigenvalue weighted by Crippen LogP contribution is 2.34. The third kappa shape index (κ3) is 3.19. The summed E-state index contributed by atoms with van der Waals surface area (Å²) in [7, 11) is -3.12. The zero-order valence-corrected chi connectivity index (χ0v) is 17.5. The lowest BCUT2D eigenvalue weighted by molar-refractivity contribution is -0.136. The van der Waals surface area contributed by atoms with Crippen molar-refractivity contribution in [1.29, 1.82) is 0 Å². The van der Waals surface area contributed by atoms with E-state index >= 15 is 0 Å². The van der Waals surface area contributed by atoms with Gasteiger partial charge >= 0.3 is 0 Å². The number of nitrogens with zero attached hydrogens (tertiary/aromatic N) is 2. The zero-order valence-electron chi connectivity index (χ0n) is 16.7. The molecular weight excluding hydrogens is 424 g/mol. The van der Waals surface area contributed by atoms with Crippen LogP contribution in [0.1, 0.15) is 39.1 Å². The van der Waals surface area contributed by atoms with E-state index in [0.29, 0.717) is 31.7 Å². The molecule has 3 fully saturated rings. The average molecular weight is 446 g/mol. The summed E-state index contributed by atoms with van der Waals surface area (Å²) in [6.45, 7) is 1.79. The van der Waals surface area contributed by atoms with E-state index in [1.165, 1.54) is 0 Å². The molecule has 0 radical (unpaired) electrons. The Morgan fingerprint density at radius 1 is 1.10 bits per heavy atom. The van der Waals surface area contributed by atoms with Crippen molar-refractivity contribution in [2.75, 3.05) is 31.1 Å². The van der Waals surface area contributed by atoms with Crippen LogP contribution in [0.2, 0.25) is 0 Å². The average Bonchev–Trinajstić information content (AvgIpc) is 2.93. The van der Waals surface area contributed by atoms with Crippen molar-refractivity contribution < 1.29 is 27.6 Å². The third-order valence-electron chi connectivity index (χ3n) is 6.66. The van der Waals surface area contributed by atoms with E-state index in [1.54, 1.807) is 18.2 Å². The largest absolute Gasteiger partial charge is 0.313 e. The molecule has 0 aliphatic carbocycles. The molecule has 4 aliphatic rings. The number of sulfone groups is 1. The fourth-order valence-corrected chi connectivity index (χ4v) is 6.82. The normalized spacial score (nSPS) is 27.2. The summed E-state index contributed by atoms with van der Waals surface area (Å²) in [5, 5.41) is 5.34. The lowest BCUT2D eigenvalue weighted by Crippen LogP contribution is -2.74. The topological polar surface area (TPSA) is 133 Å². The Hall–Kier alpha value is -2.63. The Balaban J connectivity index is 1.45. The quantitative estimate of drug-likeness (QED) is 0.545. The summed E-state index contributed by atoms with van der Waals surface area (Å²) in [5.74, 6) is -2.03. The summed E-state index contributed by atoms with van der Waals surface area (Å²) in [5.41, 5.74) is 0.622.